The molecule has 2 rings (SSSR count). The van der Waals surface area contributed by atoms with Crippen molar-refractivity contribution in [2.75, 3.05) is 0 Å². The molecule has 0 aliphatic carbocycles. The van der Waals surface area contributed by atoms with Gasteiger partial charge in [-0.1, -0.05) is 0 Å². The number of hydrogen-bond acceptors (Lipinski definition) is 3. The highest BCUT2D eigenvalue weighted by atomic mass is 32.1. The van der Waals surface area contributed by atoms with E-state index in [-0.39, 0.29) is 0 Å². The summed E-state index contributed by atoms with van der Waals surface area (Å²) >= 11 is 1.70. The zero-order valence-electron chi connectivity index (χ0n) is 4.63. The van der Waals surface area contributed by atoms with E-state index >= 15 is 0 Å². The molecule has 1 aromatic heterocycles. The summed E-state index contributed by atoms with van der Waals surface area (Å²) < 4.78 is 1.22. The van der Waals surface area contributed by atoms with Crippen LogP contribution in [0.1, 0.15) is 0 Å². The normalized spacial score (nSPS) is 13.8. The van der Waals surface area contributed by atoms with E-state index in [1.54, 1.807) is 17.6 Å². The van der Waals surface area contributed by atoms with Gasteiger partial charge in [-0.2, -0.15) is 0 Å². The summed E-state index contributed by atoms with van der Waals surface area (Å²) in [5.74, 6) is 0. The Hall–Kier alpha value is -0.960. The largest absolute Gasteiger partial charge is 0.390 e. The van der Waals surface area contributed by atoms with Gasteiger partial charge in [-0.3, -0.25) is 0 Å². The minimum Gasteiger partial charge on any atom is -0.390 e. The maximum atomic E-state index is 4.83. The van der Waals surface area contributed by atoms with E-state index in [0.717, 1.165) is 5.22 Å². The van der Waals surface area contributed by atoms with Crippen LogP contribution in [0.5, 0.6) is 0 Å². The van der Waals surface area contributed by atoms with Crippen molar-refractivity contribution in [2.24, 2.45) is 0 Å². The van der Waals surface area contributed by atoms with Crippen LogP contribution in [0, 0.1) is 0 Å². The highest BCUT2D eigenvalue weighted by Gasteiger charge is 1.90. The van der Waals surface area contributed by atoms with E-state index in [9.17, 15) is 0 Å². The lowest BCUT2D eigenvalue weighted by Gasteiger charge is -1.98. The minimum absolute atomic E-state index is 1.15. The average Bonchev–Trinajstić information content (AvgIpc) is 2.33. The van der Waals surface area contributed by atoms with Gasteiger partial charge in [-0.15, -0.1) is 11.3 Å². The van der Waals surface area contributed by atoms with E-state index < -0.39 is 0 Å². The fourth-order valence-corrected chi connectivity index (χ4v) is 1.46. The van der Waals surface area contributed by atoms with Crippen molar-refractivity contribution in [3.8, 4) is 0 Å². The quantitative estimate of drug-likeness (QED) is 0.535. The Kier molecular flexibility index (Phi) is 0.960. The average molecular weight is 139 g/mol. The number of thiophene rings is 1. The molecular weight excluding hydrogens is 134 g/mol. The summed E-state index contributed by atoms with van der Waals surface area (Å²) in [7, 11) is 0. The molecule has 0 radical (unpaired) electrons. The predicted molar refractivity (Wildman–Crippen MR) is 36.7 cm³/mol. The maximum Gasteiger partial charge on any atom is 0.127 e. The van der Waals surface area contributed by atoms with E-state index in [1.807, 2.05) is 17.6 Å². The lowest BCUT2D eigenvalue weighted by atomic mass is 10.5. The molecule has 0 aromatic carbocycles. The third-order valence-electron chi connectivity index (χ3n) is 1.17. The lowest BCUT2D eigenvalue weighted by Crippen LogP contribution is -2.26. The van der Waals surface area contributed by atoms with Crippen molar-refractivity contribution in [1.82, 2.24) is 5.48 Å². The molecule has 0 amide bonds. The van der Waals surface area contributed by atoms with Crippen molar-refractivity contribution in [1.29, 1.82) is 0 Å². The van der Waals surface area contributed by atoms with Crippen LogP contribution in [0.25, 0.3) is 12.5 Å². The lowest BCUT2D eigenvalue weighted by molar-refractivity contribution is 0.229. The van der Waals surface area contributed by atoms with Crippen molar-refractivity contribution in [2.45, 2.75) is 0 Å². The highest BCUT2D eigenvalue weighted by molar-refractivity contribution is 7.07. The van der Waals surface area contributed by atoms with Crippen LogP contribution in [0.3, 0.4) is 0 Å². The monoisotopic (exact) mass is 139 g/mol. The molecule has 0 bridgehead atoms. The van der Waals surface area contributed by atoms with Crippen LogP contribution in [-0.4, -0.2) is 0 Å². The summed E-state index contributed by atoms with van der Waals surface area (Å²) in [5.41, 5.74) is 2.66. The van der Waals surface area contributed by atoms with Gasteiger partial charge in [0.2, 0.25) is 0 Å². The smallest absolute Gasteiger partial charge is 0.127 e. The van der Waals surface area contributed by atoms with Crippen LogP contribution >= 0.6 is 11.3 Å². The minimum atomic E-state index is 1.15. The van der Waals surface area contributed by atoms with Crippen LogP contribution in [-0.2, 0) is 4.84 Å². The summed E-state index contributed by atoms with van der Waals surface area (Å²) in [6.07, 6.45) is 3.55. The first-order chi connectivity index (χ1) is 4.47. The maximum absolute atomic E-state index is 4.83. The summed E-state index contributed by atoms with van der Waals surface area (Å²) in [6, 6.07) is 2.03. The number of rotatable bonds is 0. The molecule has 46 valence electrons. The van der Waals surface area contributed by atoms with Gasteiger partial charge in [0.15, 0.2) is 0 Å². The van der Waals surface area contributed by atoms with Gasteiger partial charge in [0.25, 0.3) is 0 Å². The van der Waals surface area contributed by atoms with Gasteiger partial charge in [0.05, 0.1) is 10.7 Å². The summed E-state index contributed by atoms with van der Waals surface area (Å²) in [6.45, 7) is 0. The molecule has 2 heterocycles. The Morgan fingerprint density at radius 1 is 1.56 bits per heavy atom. The second-order valence-corrected chi connectivity index (χ2v) is 2.69. The van der Waals surface area contributed by atoms with Crippen LogP contribution < -0.4 is 15.2 Å². The van der Waals surface area contributed by atoms with Gasteiger partial charge >= 0.3 is 0 Å². The fourth-order valence-electron chi connectivity index (χ4n) is 0.731. The molecule has 1 aromatic rings. The standard InChI is InChI=1S/C6H5NOS/c1-2-9-6-3-7-8-4-5(1)6/h1-4,7H. The molecule has 0 unspecified atom stereocenters. The second-order valence-electron chi connectivity index (χ2n) is 1.74. The van der Waals surface area contributed by atoms with Gasteiger partial charge in [0, 0.05) is 5.22 Å². The first-order valence-electron chi connectivity index (χ1n) is 2.62. The SMILES string of the molecule is C1=c2ccsc2=CNO1. The zero-order chi connectivity index (χ0) is 6.10. The van der Waals surface area contributed by atoms with Gasteiger partial charge < -0.3 is 4.84 Å². The molecule has 9 heavy (non-hydrogen) atoms. The van der Waals surface area contributed by atoms with Crippen molar-refractivity contribution < 1.29 is 4.84 Å². The Bertz CT molecular complexity index is 284. The zero-order valence-corrected chi connectivity index (χ0v) is 5.44. The number of fused-ring (bicyclic) bond motifs is 1. The van der Waals surface area contributed by atoms with Crippen molar-refractivity contribution in [3.05, 3.63) is 21.2 Å². The molecule has 1 N–H and O–H groups in total. The summed E-state index contributed by atoms with van der Waals surface area (Å²) in [4.78, 5) is 4.83. The van der Waals surface area contributed by atoms with E-state index in [4.69, 9.17) is 4.84 Å². The molecular formula is C6H5NOS. The predicted octanol–water partition coefficient (Wildman–Crippen LogP) is -0.241. The third-order valence-corrected chi connectivity index (χ3v) is 2.05. The molecule has 0 saturated heterocycles. The molecule has 0 spiro atoms. The Morgan fingerprint density at radius 3 is 3.44 bits per heavy atom. The molecule has 0 atom stereocenters. The first kappa shape index (κ1) is 4.88. The highest BCUT2D eigenvalue weighted by Crippen LogP contribution is 1.83. The fraction of sp³-hybridized carbons (Fsp3) is 0. The van der Waals surface area contributed by atoms with Crippen LogP contribution in [0.4, 0.5) is 0 Å². The molecule has 0 fully saturated rings. The van der Waals surface area contributed by atoms with Crippen molar-refractivity contribution in [3.63, 3.8) is 0 Å². The van der Waals surface area contributed by atoms with Crippen LogP contribution in [0.15, 0.2) is 11.4 Å². The number of nitrogens with one attached hydrogen (secondary N) is 1. The third kappa shape index (κ3) is 0.695. The summed E-state index contributed by atoms with van der Waals surface area (Å²) in [5, 5.41) is 3.19. The topological polar surface area (TPSA) is 21.3 Å². The Labute approximate surface area is 56.0 Å². The van der Waals surface area contributed by atoms with Gasteiger partial charge in [-0.05, 0) is 11.4 Å². The van der Waals surface area contributed by atoms with E-state index in [2.05, 4.69) is 5.48 Å². The second kappa shape index (κ2) is 1.77. The van der Waals surface area contributed by atoms with Gasteiger partial charge in [-0.25, -0.2) is 5.48 Å². The Balaban J connectivity index is 2.89. The van der Waals surface area contributed by atoms with E-state index in [1.165, 1.54) is 4.53 Å². The van der Waals surface area contributed by atoms with Gasteiger partial charge in [0.1, 0.15) is 6.26 Å². The number of hydroxylamine groups is 1. The molecule has 1 aliphatic rings. The number of hydrogen-bond donors (Lipinski definition) is 1. The van der Waals surface area contributed by atoms with Crippen LogP contribution in [0.2, 0.25) is 0 Å². The molecule has 2 nitrogen and oxygen atoms in total. The van der Waals surface area contributed by atoms with E-state index in [0.29, 0.717) is 0 Å². The Morgan fingerprint density at radius 2 is 2.56 bits per heavy atom. The molecule has 1 aliphatic heterocycles. The molecule has 0 saturated carbocycles. The van der Waals surface area contributed by atoms with Crippen molar-refractivity contribution >= 4 is 23.8 Å². The molecule has 3 heteroatoms. The first-order valence-corrected chi connectivity index (χ1v) is 3.50.